The molecule has 0 aromatic carbocycles. The van der Waals surface area contributed by atoms with E-state index in [1.165, 1.54) is 50.0 Å². The van der Waals surface area contributed by atoms with Gasteiger partial charge >= 0.3 is 0 Å². The van der Waals surface area contributed by atoms with E-state index in [9.17, 15) is 0 Å². The summed E-state index contributed by atoms with van der Waals surface area (Å²) < 4.78 is 0. The lowest BCUT2D eigenvalue weighted by atomic mass is 10.2. The molecule has 1 saturated carbocycles. The quantitative estimate of drug-likeness (QED) is 0.693. The Kier molecular flexibility index (Phi) is 5.80. The molecule has 1 aromatic rings. The van der Waals surface area contributed by atoms with Gasteiger partial charge in [0.05, 0.1) is 11.4 Å². The van der Waals surface area contributed by atoms with E-state index in [4.69, 9.17) is 4.98 Å². The highest BCUT2D eigenvalue weighted by atomic mass is 15.1. The molecule has 0 aliphatic heterocycles. The maximum absolute atomic E-state index is 4.74. The molecule has 1 aliphatic carbocycles. The fourth-order valence-electron chi connectivity index (χ4n) is 2.24. The minimum Gasteiger partial charge on any atom is -0.308 e. The zero-order valence-electron chi connectivity index (χ0n) is 12.4. The first kappa shape index (κ1) is 14.5. The van der Waals surface area contributed by atoms with Crippen LogP contribution in [0.4, 0.5) is 0 Å². The number of unbranched alkanes of at least 4 members (excludes halogenated alkanes) is 2. The van der Waals surface area contributed by atoms with E-state index in [2.05, 4.69) is 42.4 Å². The van der Waals surface area contributed by atoms with Crippen LogP contribution in [-0.4, -0.2) is 29.5 Å². The Morgan fingerprint density at radius 3 is 2.79 bits per heavy atom. The lowest BCUT2D eigenvalue weighted by molar-refractivity contribution is 0.314. The molecule has 1 N–H and O–H groups in total. The molecule has 3 heteroatoms. The molecule has 1 fully saturated rings. The van der Waals surface area contributed by atoms with Crippen LogP contribution in [0.5, 0.6) is 0 Å². The summed E-state index contributed by atoms with van der Waals surface area (Å²) in [6, 6.07) is 7.14. The zero-order chi connectivity index (χ0) is 13.5. The van der Waals surface area contributed by atoms with E-state index in [1.807, 2.05) is 0 Å². The number of aromatic nitrogens is 1. The van der Waals surface area contributed by atoms with Crippen molar-refractivity contribution >= 4 is 0 Å². The van der Waals surface area contributed by atoms with Crippen molar-refractivity contribution in [2.75, 3.05) is 13.6 Å². The summed E-state index contributed by atoms with van der Waals surface area (Å²) >= 11 is 0. The first-order valence-corrected chi connectivity index (χ1v) is 7.64. The SMILES string of the molecule is CCCCCN(C)Cc1cccc(CNC2CC2)n1. The van der Waals surface area contributed by atoms with Gasteiger partial charge in [-0.05, 0) is 45.0 Å². The number of rotatable bonds is 9. The van der Waals surface area contributed by atoms with E-state index in [0.717, 1.165) is 19.1 Å². The second-order valence-electron chi connectivity index (χ2n) is 5.72. The molecule has 0 spiro atoms. The van der Waals surface area contributed by atoms with Gasteiger partial charge in [-0.15, -0.1) is 0 Å². The largest absolute Gasteiger partial charge is 0.308 e. The average molecular weight is 261 g/mol. The van der Waals surface area contributed by atoms with E-state index in [1.54, 1.807) is 0 Å². The van der Waals surface area contributed by atoms with E-state index < -0.39 is 0 Å². The molecular formula is C16H27N3. The monoisotopic (exact) mass is 261 g/mol. The second kappa shape index (κ2) is 7.61. The van der Waals surface area contributed by atoms with Gasteiger partial charge in [0.15, 0.2) is 0 Å². The fraction of sp³-hybridized carbons (Fsp3) is 0.688. The number of hydrogen-bond donors (Lipinski definition) is 1. The Hall–Kier alpha value is -0.930. The Morgan fingerprint density at radius 1 is 1.26 bits per heavy atom. The van der Waals surface area contributed by atoms with Crippen molar-refractivity contribution in [1.82, 2.24) is 15.2 Å². The molecule has 19 heavy (non-hydrogen) atoms. The Labute approximate surface area is 117 Å². The van der Waals surface area contributed by atoms with E-state index >= 15 is 0 Å². The summed E-state index contributed by atoms with van der Waals surface area (Å²) in [6.45, 7) is 5.29. The molecule has 3 nitrogen and oxygen atoms in total. The molecule has 1 aliphatic rings. The fourth-order valence-corrected chi connectivity index (χ4v) is 2.24. The van der Waals surface area contributed by atoms with Crippen molar-refractivity contribution in [2.45, 2.75) is 58.2 Å². The van der Waals surface area contributed by atoms with Gasteiger partial charge in [0.25, 0.3) is 0 Å². The van der Waals surface area contributed by atoms with Crippen LogP contribution in [0.3, 0.4) is 0 Å². The van der Waals surface area contributed by atoms with Gasteiger partial charge in [-0.2, -0.15) is 0 Å². The van der Waals surface area contributed by atoms with Crippen LogP contribution in [0, 0.1) is 0 Å². The maximum Gasteiger partial charge on any atom is 0.0547 e. The van der Waals surface area contributed by atoms with Crippen LogP contribution in [0.25, 0.3) is 0 Å². The van der Waals surface area contributed by atoms with Crippen LogP contribution in [0.15, 0.2) is 18.2 Å². The van der Waals surface area contributed by atoms with E-state index in [0.29, 0.717) is 0 Å². The molecule has 0 atom stereocenters. The van der Waals surface area contributed by atoms with Crippen LogP contribution in [0.1, 0.15) is 50.4 Å². The van der Waals surface area contributed by atoms with Gasteiger partial charge in [0, 0.05) is 19.1 Å². The molecule has 106 valence electrons. The minimum absolute atomic E-state index is 0.752. The van der Waals surface area contributed by atoms with Crippen LogP contribution >= 0.6 is 0 Å². The predicted molar refractivity (Wildman–Crippen MR) is 80.0 cm³/mol. The van der Waals surface area contributed by atoms with Crippen LogP contribution in [0.2, 0.25) is 0 Å². The normalized spacial score (nSPS) is 15.1. The van der Waals surface area contributed by atoms with Crippen molar-refractivity contribution in [2.24, 2.45) is 0 Å². The minimum atomic E-state index is 0.752. The third-order valence-electron chi connectivity index (χ3n) is 3.59. The zero-order valence-corrected chi connectivity index (χ0v) is 12.4. The number of nitrogens with zero attached hydrogens (tertiary/aromatic N) is 2. The van der Waals surface area contributed by atoms with Crippen molar-refractivity contribution in [3.8, 4) is 0 Å². The van der Waals surface area contributed by atoms with Gasteiger partial charge in [0.2, 0.25) is 0 Å². The summed E-state index contributed by atoms with van der Waals surface area (Å²) in [5, 5.41) is 3.52. The maximum atomic E-state index is 4.74. The summed E-state index contributed by atoms with van der Waals surface area (Å²) in [5.74, 6) is 0. The summed E-state index contributed by atoms with van der Waals surface area (Å²) in [6.07, 6.45) is 6.56. The van der Waals surface area contributed by atoms with E-state index in [-0.39, 0.29) is 0 Å². The molecule has 0 radical (unpaired) electrons. The number of nitrogens with one attached hydrogen (secondary N) is 1. The first-order chi connectivity index (χ1) is 9.28. The summed E-state index contributed by atoms with van der Waals surface area (Å²) in [7, 11) is 2.19. The molecule has 1 aromatic heterocycles. The average Bonchev–Trinajstić information content (AvgIpc) is 3.21. The summed E-state index contributed by atoms with van der Waals surface area (Å²) in [5.41, 5.74) is 2.36. The number of hydrogen-bond acceptors (Lipinski definition) is 3. The molecule has 1 heterocycles. The molecule has 0 saturated heterocycles. The first-order valence-electron chi connectivity index (χ1n) is 7.64. The topological polar surface area (TPSA) is 28.2 Å². The van der Waals surface area contributed by atoms with Gasteiger partial charge in [-0.25, -0.2) is 0 Å². The highest BCUT2D eigenvalue weighted by Gasteiger charge is 2.20. The molecule has 0 unspecified atom stereocenters. The Balaban J connectivity index is 1.76. The van der Waals surface area contributed by atoms with Gasteiger partial charge in [-0.3, -0.25) is 4.98 Å². The van der Waals surface area contributed by atoms with Gasteiger partial charge < -0.3 is 10.2 Å². The predicted octanol–water partition coefficient (Wildman–Crippen LogP) is 2.96. The third kappa shape index (κ3) is 5.70. The lowest BCUT2D eigenvalue weighted by Gasteiger charge is -2.16. The smallest absolute Gasteiger partial charge is 0.0547 e. The third-order valence-corrected chi connectivity index (χ3v) is 3.59. The van der Waals surface area contributed by atoms with Crippen molar-refractivity contribution < 1.29 is 0 Å². The lowest BCUT2D eigenvalue weighted by Crippen LogP contribution is -2.21. The van der Waals surface area contributed by atoms with Gasteiger partial charge in [-0.1, -0.05) is 25.8 Å². The van der Waals surface area contributed by atoms with Crippen LogP contribution < -0.4 is 5.32 Å². The molecule has 0 bridgehead atoms. The highest BCUT2D eigenvalue weighted by Crippen LogP contribution is 2.19. The standard InChI is InChI=1S/C16H27N3/c1-3-4-5-11-19(2)13-16-8-6-7-15(18-16)12-17-14-9-10-14/h6-8,14,17H,3-5,9-13H2,1-2H3. The van der Waals surface area contributed by atoms with Crippen molar-refractivity contribution in [3.63, 3.8) is 0 Å². The van der Waals surface area contributed by atoms with Crippen molar-refractivity contribution in [3.05, 3.63) is 29.6 Å². The Morgan fingerprint density at radius 2 is 2.05 bits per heavy atom. The molecule has 0 amide bonds. The number of pyridine rings is 1. The Bertz CT molecular complexity index is 374. The second-order valence-corrected chi connectivity index (χ2v) is 5.72. The summed E-state index contributed by atoms with van der Waals surface area (Å²) in [4.78, 5) is 7.11. The highest BCUT2D eigenvalue weighted by molar-refractivity contribution is 5.11. The van der Waals surface area contributed by atoms with Crippen LogP contribution in [-0.2, 0) is 13.1 Å². The van der Waals surface area contributed by atoms with Gasteiger partial charge in [0.1, 0.15) is 0 Å². The molecular weight excluding hydrogens is 234 g/mol. The molecule has 2 rings (SSSR count). The van der Waals surface area contributed by atoms with Crippen molar-refractivity contribution in [1.29, 1.82) is 0 Å².